The van der Waals surface area contributed by atoms with Crippen LogP contribution in [0.15, 0.2) is 47.4 Å². The molecule has 7 heteroatoms. The van der Waals surface area contributed by atoms with Gasteiger partial charge in [0.15, 0.2) is 17.2 Å². The molecule has 2 aromatic rings. The third kappa shape index (κ3) is 3.45. The third-order valence-electron chi connectivity index (χ3n) is 2.70. The molecule has 112 valence electrons. The number of benzene rings is 2. The minimum absolute atomic E-state index is 0.0358. The molecule has 0 aliphatic rings. The third-order valence-corrected chi connectivity index (χ3v) is 3.67. The van der Waals surface area contributed by atoms with Gasteiger partial charge in [0, 0.05) is 0 Å². The van der Waals surface area contributed by atoms with Gasteiger partial charge < -0.3 is 15.2 Å². The average Bonchev–Trinajstić information content (AvgIpc) is 2.42. The Morgan fingerprint density at radius 3 is 2.24 bits per heavy atom. The van der Waals surface area contributed by atoms with E-state index in [0.29, 0.717) is 18.1 Å². The van der Waals surface area contributed by atoms with E-state index in [2.05, 4.69) is 0 Å². The molecular weight excluding hydrogens is 292 g/mol. The summed E-state index contributed by atoms with van der Waals surface area (Å²) in [5.74, 6) is 1.19. The predicted octanol–water partition coefficient (Wildman–Crippen LogP) is 2.11. The summed E-state index contributed by atoms with van der Waals surface area (Å²) in [6.45, 7) is 2.33. The zero-order valence-corrected chi connectivity index (χ0v) is 12.3. The molecule has 6 nitrogen and oxygen atoms in total. The highest BCUT2D eigenvalue weighted by molar-refractivity contribution is 7.89. The Bertz CT molecular complexity index is 744. The number of anilines is 1. The van der Waals surface area contributed by atoms with Crippen molar-refractivity contribution in [1.29, 1.82) is 0 Å². The fraction of sp³-hybridized carbons (Fsp3) is 0.143. The van der Waals surface area contributed by atoms with E-state index >= 15 is 0 Å². The second kappa shape index (κ2) is 6.02. The maximum Gasteiger partial charge on any atom is 0.240 e. The molecule has 0 radical (unpaired) electrons. The van der Waals surface area contributed by atoms with Crippen LogP contribution in [0.4, 0.5) is 5.69 Å². The van der Waals surface area contributed by atoms with E-state index in [1.807, 2.05) is 13.0 Å². The molecule has 4 N–H and O–H groups in total. The fourth-order valence-corrected chi connectivity index (χ4v) is 2.46. The van der Waals surface area contributed by atoms with Crippen molar-refractivity contribution in [3.8, 4) is 17.2 Å². The molecule has 0 spiro atoms. The molecule has 0 fully saturated rings. The van der Waals surface area contributed by atoms with Gasteiger partial charge in [0.25, 0.3) is 0 Å². The molecule has 2 rings (SSSR count). The van der Waals surface area contributed by atoms with Crippen LogP contribution in [0.5, 0.6) is 17.2 Å². The van der Waals surface area contributed by atoms with Gasteiger partial charge in [-0.05, 0) is 31.2 Å². The maximum absolute atomic E-state index is 11.4. The topological polar surface area (TPSA) is 105 Å². The van der Waals surface area contributed by atoms with Crippen LogP contribution in [-0.2, 0) is 10.0 Å². The molecule has 0 aliphatic carbocycles. The Kier molecular flexibility index (Phi) is 4.35. The second-order valence-corrected chi connectivity index (χ2v) is 5.72. The van der Waals surface area contributed by atoms with Gasteiger partial charge >= 0.3 is 0 Å². The number of hydrogen-bond donors (Lipinski definition) is 2. The largest absolute Gasteiger partial charge is 0.490 e. The minimum Gasteiger partial charge on any atom is -0.490 e. The van der Waals surface area contributed by atoms with Gasteiger partial charge in [-0.2, -0.15) is 0 Å². The molecule has 0 amide bonds. The highest BCUT2D eigenvalue weighted by atomic mass is 32.2. The molecular formula is C14H16N2O4S. The van der Waals surface area contributed by atoms with E-state index in [1.54, 1.807) is 24.3 Å². The van der Waals surface area contributed by atoms with Crippen molar-refractivity contribution in [2.45, 2.75) is 11.8 Å². The highest BCUT2D eigenvalue weighted by Crippen LogP contribution is 2.36. The first-order valence-electron chi connectivity index (χ1n) is 6.24. The number of nitrogens with two attached hydrogens (primary N) is 2. The van der Waals surface area contributed by atoms with E-state index in [-0.39, 0.29) is 16.3 Å². The number of rotatable bonds is 5. The monoisotopic (exact) mass is 308 g/mol. The minimum atomic E-state index is -3.90. The second-order valence-electron chi connectivity index (χ2n) is 4.19. The lowest BCUT2D eigenvalue weighted by atomic mass is 10.3. The van der Waals surface area contributed by atoms with Crippen LogP contribution in [0.1, 0.15) is 6.92 Å². The first kappa shape index (κ1) is 15.1. The molecule has 21 heavy (non-hydrogen) atoms. The smallest absolute Gasteiger partial charge is 0.240 e. The van der Waals surface area contributed by atoms with Gasteiger partial charge in [-0.1, -0.05) is 18.2 Å². The molecule has 0 unspecified atom stereocenters. The van der Waals surface area contributed by atoms with E-state index in [0.717, 1.165) is 0 Å². The summed E-state index contributed by atoms with van der Waals surface area (Å²) in [5, 5.41) is 5.11. The fourth-order valence-electron chi connectivity index (χ4n) is 1.79. The SMILES string of the molecule is CCOc1ccccc1Oc1cccc(S(N)(=O)=O)c1N. The lowest BCUT2D eigenvalue weighted by Crippen LogP contribution is -2.14. The zero-order chi connectivity index (χ0) is 15.5. The van der Waals surface area contributed by atoms with E-state index < -0.39 is 10.0 Å². The van der Waals surface area contributed by atoms with Crippen molar-refractivity contribution in [3.05, 3.63) is 42.5 Å². The maximum atomic E-state index is 11.4. The quantitative estimate of drug-likeness (QED) is 0.823. The lowest BCUT2D eigenvalue weighted by molar-refractivity contribution is 0.321. The van der Waals surface area contributed by atoms with Crippen LogP contribution in [-0.4, -0.2) is 15.0 Å². The number of nitrogen functional groups attached to an aromatic ring is 1. The van der Waals surface area contributed by atoms with Crippen LogP contribution in [0.3, 0.4) is 0 Å². The Morgan fingerprint density at radius 1 is 1.00 bits per heavy atom. The van der Waals surface area contributed by atoms with Crippen LogP contribution >= 0.6 is 0 Å². The van der Waals surface area contributed by atoms with Gasteiger partial charge in [-0.25, -0.2) is 13.6 Å². The summed E-state index contributed by atoms with van der Waals surface area (Å²) in [5.41, 5.74) is 5.78. The molecule has 0 aromatic heterocycles. The van der Waals surface area contributed by atoms with Gasteiger partial charge in [-0.3, -0.25) is 0 Å². The van der Waals surface area contributed by atoms with E-state index in [4.69, 9.17) is 20.3 Å². The van der Waals surface area contributed by atoms with Gasteiger partial charge in [0.2, 0.25) is 10.0 Å². The summed E-state index contributed by atoms with van der Waals surface area (Å²) in [6.07, 6.45) is 0. The molecule has 2 aromatic carbocycles. The first-order chi connectivity index (χ1) is 9.93. The Morgan fingerprint density at radius 2 is 1.62 bits per heavy atom. The van der Waals surface area contributed by atoms with Gasteiger partial charge in [0.1, 0.15) is 4.90 Å². The predicted molar refractivity (Wildman–Crippen MR) is 79.9 cm³/mol. The van der Waals surface area contributed by atoms with Crippen molar-refractivity contribution in [2.75, 3.05) is 12.3 Å². The van der Waals surface area contributed by atoms with Crippen molar-refractivity contribution in [1.82, 2.24) is 0 Å². The Hall–Kier alpha value is -2.25. The van der Waals surface area contributed by atoms with Crippen LogP contribution in [0, 0.1) is 0 Å². The molecule has 0 saturated heterocycles. The lowest BCUT2D eigenvalue weighted by Gasteiger charge is -2.14. The van der Waals surface area contributed by atoms with Gasteiger partial charge in [-0.15, -0.1) is 0 Å². The van der Waals surface area contributed by atoms with Gasteiger partial charge in [0.05, 0.1) is 12.3 Å². The molecule has 0 bridgehead atoms. The standard InChI is InChI=1S/C14H16N2O4S/c1-2-19-10-6-3-4-7-11(10)20-12-8-5-9-13(14(12)15)21(16,17)18/h3-9H,2,15H2,1H3,(H2,16,17,18). The number of primary sulfonamides is 1. The van der Waals surface area contributed by atoms with Crippen molar-refractivity contribution in [3.63, 3.8) is 0 Å². The normalized spacial score (nSPS) is 11.1. The number of ether oxygens (including phenoxy) is 2. The summed E-state index contributed by atoms with van der Waals surface area (Å²) >= 11 is 0. The summed E-state index contributed by atoms with van der Waals surface area (Å²) < 4.78 is 34.0. The zero-order valence-electron chi connectivity index (χ0n) is 11.4. The van der Waals surface area contributed by atoms with E-state index in [9.17, 15) is 8.42 Å². The number of sulfonamides is 1. The number of para-hydroxylation sites is 3. The molecule has 0 aliphatic heterocycles. The van der Waals surface area contributed by atoms with Crippen LogP contribution in [0.2, 0.25) is 0 Å². The van der Waals surface area contributed by atoms with Crippen LogP contribution < -0.4 is 20.3 Å². The Balaban J connectivity index is 2.42. The van der Waals surface area contributed by atoms with Crippen molar-refractivity contribution in [2.24, 2.45) is 5.14 Å². The first-order valence-corrected chi connectivity index (χ1v) is 7.79. The number of hydrogen-bond acceptors (Lipinski definition) is 5. The average molecular weight is 308 g/mol. The van der Waals surface area contributed by atoms with Crippen LogP contribution in [0.25, 0.3) is 0 Å². The van der Waals surface area contributed by atoms with Crippen molar-refractivity contribution >= 4 is 15.7 Å². The molecule has 0 heterocycles. The Labute approximate surface area is 123 Å². The molecule has 0 saturated carbocycles. The highest BCUT2D eigenvalue weighted by Gasteiger charge is 2.16. The molecule has 0 atom stereocenters. The van der Waals surface area contributed by atoms with E-state index in [1.165, 1.54) is 12.1 Å². The summed E-state index contributed by atoms with van der Waals surface area (Å²) in [6, 6.07) is 11.4. The van der Waals surface area contributed by atoms with Crippen molar-refractivity contribution < 1.29 is 17.9 Å². The summed E-state index contributed by atoms with van der Waals surface area (Å²) in [7, 11) is -3.90. The summed E-state index contributed by atoms with van der Waals surface area (Å²) in [4.78, 5) is -0.172.